The minimum absolute atomic E-state index is 0. The largest absolute Gasteiger partial charge is 0.473 e. The minimum atomic E-state index is -0.473. The Morgan fingerprint density at radius 2 is 2.00 bits per heavy atom. The van der Waals surface area contributed by atoms with E-state index >= 15 is 0 Å². The van der Waals surface area contributed by atoms with Crippen LogP contribution < -0.4 is 4.74 Å². The Hall–Kier alpha value is -1.01. The van der Waals surface area contributed by atoms with Crippen LogP contribution in [-0.4, -0.2) is 40.8 Å². The number of halogens is 2. The normalized spacial score (nSPS) is 15.8. The third kappa shape index (κ3) is 6.18. The molecule has 23 heavy (non-hydrogen) atoms. The molecule has 0 atom stereocenters. The van der Waals surface area contributed by atoms with Crippen molar-refractivity contribution in [2.45, 2.75) is 52.7 Å². The number of hydrogen-bond acceptors (Lipinski definition) is 4. The van der Waals surface area contributed by atoms with E-state index in [-0.39, 0.29) is 19.6 Å². The van der Waals surface area contributed by atoms with Crippen molar-refractivity contribution in [1.29, 1.82) is 0 Å². The molecular formula is C16H24BrClN2O3. The van der Waals surface area contributed by atoms with E-state index in [1.54, 1.807) is 17.2 Å². The maximum Gasteiger partial charge on any atom is 0.410 e. The molecule has 1 amide bonds. The highest BCUT2D eigenvalue weighted by molar-refractivity contribution is 9.10. The van der Waals surface area contributed by atoms with Gasteiger partial charge in [-0.3, -0.25) is 0 Å². The molecule has 0 aromatic carbocycles. The summed E-state index contributed by atoms with van der Waals surface area (Å²) in [5.74, 6) is 0.431. The molecule has 0 aliphatic carbocycles. The predicted octanol–water partition coefficient (Wildman–Crippen LogP) is 4.91. The lowest BCUT2D eigenvalue weighted by Crippen LogP contribution is -2.44. The summed E-state index contributed by atoms with van der Waals surface area (Å²) in [5.41, 5.74) is -0.473. The topological polar surface area (TPSA) is 51.7 Å². The Kier molecular flexibility index (Phi) is 7.14. The van der Waals surface area contributed by atoms with Gasteiger partial charge in [-0.05, 0) is 42.8 Å². The Balaban J connectivity index is 0.00000264. The van der Waals surface area contributed by atoms with Crippen LogP contribution >= 0.6 is 27.5 Å². The van der Waals surface area contributed by atoms with Crippen molar-refractivity contribution in [3.63, 3.8) is 0 Å². The smallest absolute Gasteiger partial charge is 0.410 e. The number of aromatic nitrogens is 1. The van der Waals surface area contributed by atoms with Gasteiger partial charge in [-0.15, -0.1) is 0 Å². The van der Waals surface area contributed by atoms with E-state index < -0.39 is 5.60 Å². The lowest BCUT2D eigenvalue weighted by Gasteiger charge is -2.33. The van der Waals surface area contributed by atoms with Crippen molar-refractivity contribution in [3.8, 4) is 5.88 Å². The van der Waals surface area contributed by atoms with Crippen LogP contribution in [0.25, 0.3) is 0 Å². The van der Waals surface area contributed by atoms with Crippen molar-refractivity contribution >= 4 is 33.6 Å². The molecule has 1 fully saturated rings. The molecule has 5 nitrogen and oxygen atoms in total. The number of carbonyl (C=O) groups excluding carboxylic acids is 1. The molecule has 1 saturated heterocycles. The molecule has 0 N–H and O–H groups in total. The van der Waals surface area contributed by atoms with Crippen LogP contribution in [0.1, 0.15) is 41.0 Å². The van der Waals surface area contributed by atoms with Crippen LogP contribution in [0.3, 0.4) is 0 Å². The molecule has 1 aromatic heterocycles. The molecule has 1 aliphatic rings. The monoisotopic (exact) mass is 406 g/mol. The van der Waals surface area contributed by atoms with E-state index in [2.05, 4.69) is 20.9 Å². The van der Waals surface area contributed by atoms with Crippen molar-refractivity contribution in [2.24, 2.45) is 0 Å². The van der Waals surface area contributed by atoms with Gasteiger partial charge in [-0.1, -0.05) is 19.0 Å². The van der Waals surface area contributed by atoms with Crippen LogP contribution in [0.5, 0.6) is 5.88 Å². The summed E-state index contributed by atoms with van der Waals surface area (Å²) in [5, 5.41) is 0.476. The second kappa shape index (κ2) is 8.20. The van der Waals surface area contributed by atoms with Gasteiger partial charge >= 0.3 is 6.09 Å². The van der Waals surface area contributed by atoms with Gasteiger partial charge in [0.25, 0.3) is 0 Å². The molecule has 0 spiro atoms. The number of ether oxygens (including phenoxy) is 2. The van der Waals surface area contributed by atoms with E-state index in [1.807, 2.05) is 20.8 Å². The lowest BCUT2D eigenvalue weighted by atomic mass is 10.1. The van der Waals surface area contributed by atoms with Crippen LogP contribution in [0, 0.1) is 0 Å². The maximum atomic E-state index is 12.0. The molecule has 2 heterocycles. The maximum absolute atomic E-state index is 12.0. The summed E-state index contributed by atoms with van der Waals surface area (Å²) in [6.07, 6.45) is 2.84. The minimum Gasteiger partial charge on any atom is -0.473 e. The van der Waals surface area contributed by atoms with Gasteiger partial charge in [-0.25, -0.2) is 9.78 Å². The number of piperidine rings is 1. The molecular weight excluding hydrogens is 384 g/mol. The number of hydrogen-bond donors (Lipinski definition) is 0. The summed E-state index contributed by atoms with van der Waals surface area (Å²) in [6, 6.07) is 1.75. The van der Waals surface area contributed by atoms with Crippen molar-refractivity contribution in [3.05, 3.63) is 21.8 Å². The summed E-state index contributed by atoms with van der Waals surface area (Å²) in [7, 11) is 0. The summed E-state index contributed by atoms with van der Waals surface area (Å²) < 4.78 is 12.0. The summed E-state index contributed by atoms with van der Waals surface area (Å²) in [6.45, 7) is 6.80. The third-order valence-corrected chi connectivity index (χ3v) is 3.85. The first-order valence-electron chi connectivity index (χ1n) is 7.20. The average molecular weight is 408 g/mol. The predicted molar refractivity (Wildman–Crippen MR) is 95.1 cm³/mol. The number of nitrogens with zero attached hydrogens (tertiary/aromatic N) is 2. The van der Waals surface area contributed by atoms with Crippen molar-refractivity contribution in [2.75, 3.05) is 13.1 Å². The standard InChI is InChI=1S/C15H20BrClN2O3.CH4/c1-15(2,3)22-14(20)19-6-4-11(5-7-19)21-13-12(17)8-10(16)9-18-13;/h8-9,11H,4-7H2,1-3H3;1H4. The zero-order chi connectivity index (χ0) is 16.3. The summed E-state index contributed by atoms with van der Waals surface area (Å²) in [4.78, 5) is 17.9. The fourth-order valence-corrected chi connectivity index (χ4v) is 2.80. The molecule has 0 bridgehead atoms. The molecule has 0 saturated carbocycles. The number of likely N-dealkylation sites (tertiary alicyclic amines) is 1. The Bertz CT molecular complexity index is 541. The van der Waals surface area contributed by atoms with E-state index in [0.717, 1.165) is 17.3 Å². The van der Waals surface area contributed by atoms with Gasteiger partial charge in [0, 0.05) is 36.6 Å². The zero-order valence-electron chi connectivity index (χ0n) is 12.9. The Morgan fingerprint density at radius 1 is 1.39 bits per heavy atom. The lowest BCUT2D eigenvalue weighted by molar-refractivity contribution is 0.0123. The first-order valence-corrected chi connectivity index (χ1v) is 8.37. The Morgan fingerprint density at radius 3 is 2.52 bits per heavy atom. The fraction of sp³-hybridized carbons (Fsp3) is 0.625. The van der Waals surface area contributed by atoms with Crippen LogP contribution in [-0.2, 0) is 4.74 Å². The molecule has 0 radical (unpaired) electrons. The highest BCUT2D eigenvalue weighted by Crippen LogP contribution is 2.27. The third-order valence-electron chi connectivity index (χ3n) is 3.15. The highest BCUT2D eigenvalue weighted by Gasteiger charge is 2.28. The van der Waals surface area contributed by atoms with Crippen LogP contribution in [0.4, 0.5) is 4.79 Å². The van der Waals surface area contributed by atoms with Crippen LogP contribution in [0.2, 0.25) is 5.02 Å². The second-order valence-electron chi connectivity index (χ2n) is 6.23. The second-order valence-corrected chi connectivity index (χ2v) is 7.55. The van der Waals surface area contributed by atoms with Gasteiger partial charge in [0.1, 0.15) is 16.7 Å². The van der Waals surface area contributed by atoms with Crippen molar-refractivity contribution in [1.82, 2.24) is 9.88 Å². The van der Waals surface area contributed by atoms with Gasteiger partial charge < -0.3 is 14.4 Å². The van der Waals surface area contributed by atoms with Gasteiger partial charge in [0.15, 0.2) is 0 Å². The van der Waals surface area contributed by atoms with Crippen molar-refractivity contribution < 1.29 is 14.3 Å². The number of pyridine rings is 1. The SMILES string of the molecule is C.CC(C)(C)OC(=O)N1CCC(Oc2ncc(Br)cc2Cl)CC1. The number of amides is 1. The van der Waals surface area contributed by atoms with Gasteiger partial charge in [0.2, 0.25) is 5.88 Å². The van der Waals surface area contributed by atoms with Gasteiger partial charge in [0.05, 0.1) is 0 Å². The van der Waals surface area contributed by atoms with E-state index in [9.17, 15) is 4.79 Å². The number of carbonyl (C=O) groups is 1. The highest BCUT2D eigenvalue weighted by atomic mass is 79.9. The first-order chi connectivity index (χ1) is 10.2. The van der Waals surface area contributed by atoms with Gasteiger partial charge in [-0.2, -0.15) is 0 Å². The first kappa shape index (κ1) is 20.0. The molecule has 1 aromatic rings. The van der Waals surface area contributed by atoms with E-state index in [4.69, 9.17) is 21.1 Å². The average Bonchev–Trinajstić information content (AvgIpc) is 2.41. The zero-order valence-corrected chi connectivity index (χ0v) is 15.3. The Labute approximate surface area is 151 Å². The van der Waals surface area contributed by atoms with E-state index in [0.29, 0.717) is 24.0 Å². The van der Waals surface area contributed by atoms with Crippen LogP contribution in [0.15, 0.2) is 16.7 Å². The number of rotatable bonds is 2. The molecule has 0 unspecified atom stereocenters. The quantitative estimate of drug-likeness (QED) is 0.699. The molecule has 7 heteroatoms. The molecule has 2 rings (SSSR count). The summed E-state index contributed by atoms with van der Waals surface area (Å²) >= 11 is 9.41. The fourth-order valence-electron chi connectivity index (χ4n) is 2.13. The molecule has 130 valence electrons. The molecule has 1 aliphatic heterocycles. The van der Waals surface area contributed by atoms with E-state index in [1.165, 1.54) is 0 Å².